The molecule has 0 atom stereocenters. The van der Waals surface area contributed by atoms with Gasteiger partial charge in [0, 0.05) is 3.57 Å². The molecule has 4 aromatic rings. The van der Waals surface area contributed by atoms with Gasteiger partial charge < -0.3 is 9.84 Å². The van der Waals surface area contributed by atoms with Crippen LogP contribution in [0.5, 0.6) is 11.5 Å². The molecule has 0 aliphatic carbocycles. The Hall–Kier alpha value is -2.77. The molecule has 30 heavy (non-hydrogen) atoms. The molecule has 0 unspecified atom stereocenters. The van der Waals surface area contributed by atoms with Crippen molar-refractivity contribution in [3.05, 3.63) is 112 Å². The zero-order chi connectivity index (χ0) is 20.9. The molecular formula is C25H18IO3S+. The fraction of sp³-hybridized carbons (Fsp3) is 0. The smallest absolute Gasteiger partial charge is 0.347 e. The van der Waals surface area contributed by atoms with Crippen LogP contribution in [0.1, 0.15) is 10.4 Å². The van der Waals surface area contributed by atoms with E-state index in [2.05, 4.69) is 46.9 Å². The zero-order valence-corrected chi connectivity index (χ0v) is 18.8. The molecule has 0 saturated heterocycles. The van der Waals surface area contributed by atoms with E-state index in [1.54, 1.807) is 24.3 Å². The molecule has 148 valence electrons. The molecule has 0 bridgehead atoms. The van der Waals surface area contributed by atoms with E-state index in [0.717, 1.165) is 8.47 Å². The summed E-state index contributed by atoms with van der Waals surface area (Å²) < 4.78 is 6.32. The highest BCUT2D eigenvalue weighted by atomic mass is 127. The number of phenols is 1. The normalized spacial score (nSPS) is 10.7. The summed E-state index contributed by atoms with van der Waals surface area (Å²) in [5.41, 5.74) is 0.146. The fourth-order valence-corrected chi connectivity index (χ4v) is 5.56. The van der Waals surface area contributed by atoms with Crippen LogP contribution >= 0.6 is 22.6 Å². The van der Waals surface area contributed by atoms with Gasteiger partial charge in [-0.15, -0.1) is 0 Å². The van der Waals surface area contributed by atoms with E-state index in [-0.39, 0.29) is 22.2 Å². The van der Waals surface area contributed by atoms with Crippen molar-refractivity contribution in [3.8, 4) is 11.5 Å². The molecule has 0 heterocycles. The summed E-state index contributed by atoms with van der Waals surface area (Å²) in [6.07, 6.45) is 0. The lowest BCUT2D eigenvalue weighted by atomic mass is 10.2. The fourth-order valence-electron chi connectivity index (χ4n) is 3.00. The van der Waals surface area contributed by atoms with E-state index in [1.807, 2.05) is 48.5 Å². The van der Waals surface area contributed by atoms with Crippen LogP contribution in [0.3, 0.4) is 0 Å². The monoisotopic (exact) mass is 525 g/mol. The van der Waals surface area contributed by atoms with Crippen molar-refractivity contribution in [2.75, 3.05) is 0 Å². The number of phenolic OH excluding ortho intramolecular Hbond substituents is 1. The molecule has 4 rings (SSSR count). The van der Waals surface area contributed by atoms with Crippen molar-refractivity contribution in [3.63, 3.8) is 0 Å². The number of aromatic hydroxyl groups is 1. The average molecular weight is 525 g/mol. The van der Waals surface area contributed by atoms with E-state index in [1.165, 1.54) is 15.9 Å². The van der Waals surface area contributed by atoms with Crippen molar-refractivity contribution >= 4 is 39.5 Å². The van der Waals surface area contributed by atoms with E-state index >= 15 is 0 Å². The minimum absolute atomic E-state index is 0.0850. The molecule has 0 radical (unpaired) electrons. The molecule has 0 fully saturated rings. The molecule has 4 aromatic carbocycles. The lowest BCUT2D eigenvalue weighted by Crippen LogP contribution is -2.09. The Labute approximate surface area is 191 Å². The van der Waals surface area contributed by atoms with E-state index in [0.29, 0.717) is 5.75 Å². The van der Waals surface area contributed by atoms with Crippen LogP contribution in [-0.2, 0) is 10.9 Å². The number of hydrogen-bond donors (Lipinski definition) is 1. The first kappa shape index (κ1) is 20.5. The Balaban J connectivity index is 1.60. The largest absolute Gasteiger partial charge is 0.507 e. The van der Waals surface area contributed by atoms with Gasteiger partial charge in [0.25, 0.3) is 0 Å². The maximum absolute atomic E-state index is 12.4. The van der Waals surface area contributed by atoms with E-state index < -0.39 is 5.97 Å². The molecule has 0 saturated carbocycles. The third-order valence-electron chi connectivity index (χ3n) is 4.41. The second-order valence-corrected chi connectivity index (χ2v) is 9.73. The molecule has 0 spiro atoms. The Morgan fingerprint density at radius 3 is 1.80 bits per heavy atom. The van der Waals surface area contributed by atoms with Gasteiger partial charge in [0.2, 0.25) is 0 Å². The number of halogens is 1. The first-order valence-electron chi connectivity index (χ1n) is 9.27. The van der Waals surface area contributed by atoms with Gasteiger partial charge in [0.05, 0.1) is 10.9 Å². The predicted molar refractivity (Wildman–Crippen MR) is 127 cm³/mol. The van der Waals surface area contributed by atoms with Crippen LogP contribution in [0, 0.1) is 3.57 Å². The van der Waals surface area contributed by atoms with Crippen molar-refractivity contribution in [1.29, 1.82) is 0 Å². The van der Waals surface area contributed by atoms with Gasteiger partial charge in [-0.1, -0.05) is 36.4 Å². The van der Waals surface area contributed by atoms with Gasteiger partial charge in [-0.05, 0) is 89.3 Å². The number of ether oxygens (including phenoxy) is 1. The standard InChI is InChI=1S/C25H17IO3S/c26-18-11-16-23(24(27)17-18)25(28)29-19-12-14-22(15-13-19)30(20-7-3-1-4-8-20)21-9-5-2-6-10-21/h1-17H/p+1. The maximum atomic E-state index is 12.4. The summed E-state index contributed by atoms with van der Waals surface area (Å²) in [5, 5.41) is 10.0. The van der Waals surface area contributed by atoms with E-state index in [4.69, 9.17) is 4.74 Å². The Morgan fingerprint density at radius 2 is 1.27 bits per heavy atom. The van der Waals surface area contributed by atoms with Crippen LogP contribution in [0.25, 0.3) is 0 Å². The summed E-state index contributed by atoms with van der Waals surface area (Å²) in [4.78, 5) is 16.0. The van der Waals surface area contributed by atoms with E-state index in [9.17, 15) is 9.90 Å². The molecule has 0 amide bonds. The van der Waals surface area contributed by atoms with Gasteiger partial charge in [-0.3, -0.25) is 0 Å². The van der Waals surface area contributed by atoms with Crippen LogP contribution in [-0.4, -0.2) is 11.1 Å². The molecule has 0 aliphatic rings. The predicted octanol–water partition coefficient (Wildman–Crippen LogP) is 6.31. The summed E-state index contributed by atoms with van der Waals surface area (Å²) in [6.45, 7) is 0. The molecule has 0 aliphatic heterocycles. The maximum Gasteiger partial charge on any atom is 0.347 e. The Bertz CT molecular complexity index is 1110. The number of rotatable bonds is 5. The number of carbonyl (C=O) groups is 1. The number of carbonyl (C=O) groups excluding carboxylic acids is 1. The first-order chi connectivity index (χ1) is 14.6. The van der Waals surface area contributed by atoms with Crippen molar-refractivity contribution in [2.45, 2.75) is 14.7 Å². The topological polar surface area (TPSA) is 46.5 Å². The molecule has 1 N–H and O–H groups in total. The lowest BCUT2D eigenvalue weighted by molar-refractivity contribution is 0.0731. The van der Waals surface area contributed by atoms with Gasteiger partial charge in [-0.25, -0.2) is 4.79 Å². The SMILES string of the molecule is O=C(Oc1ccc([S+](c2ccccc2)c2ccccc2)cc1)c1ccc(I)cc1O. The number of benzene rings is 4. The van der Waals surface area contributed by atoms with Gasteiger partial charge >= 0.3 is 5.97 Å². The minimum Gasteiger partial charge on any atom is -0.507 e. The van der Waals surface area contributed by atoms with Gasteiger partial charge in [-0.2, -0.15) is 0 Å². The minimum atomic E-state index is -0.582. The first-order valence-corrected chi connectivity index (χ1v) is 11.6. The third-order valence-corrected chi connectivity index (χ3v) is 7.31. The second kappa shape index (κ2) is 9.36. The summed E-state index contributed by atoms with van der Waals surface area (Å²) in [5.74, 6) is -0.230. The highest BCUT2D eigenvalue weighted by Gasteiger charge is 2.28. The molecule has 3 nitrogen and oxygen atoms in total. The van der Waals surface area contributed by atoms with Gasteiger partial charge in [0.1, 0.15) is 17.1 Å². The van der Waals surface area contributed by atoms with Crippen LogP contribution < -0.4 is 4.74 Å². The molecule has 0 aromatic heterocycles. The lowest BCUT2D eigenvalue weighted by Gasteiger charge is -2.09. The van der Waals surface area contributed by atoms with Crippen molar-refractivity contribution < 1.29 is 14.6 Å². The summed E-state index contributed by atoms with van der Waals surface area (Å²) >= 11 is 2.08. The highest BCUT2D eigenvalue weighted by molar-refractivity contribution is 14.1. The average Bonchev–Trinajstić information content (AvgIpc) is 2.76. The Morgan fingerprint density at radius 1 is 0.733 bits per heavy atom. The number of esters is 1. The third kappa shape index (κ3) is 4.68. The van der Waals surface area contributed by atoms with Crippen LogP contribution in [0.4, 0.5) is 0 Å². The Kier molecular flexibility index (Phi) is 6.40. The van der Waals surface area contributed by atoms with Gasteiger partial charge in [0.15, 0.2) is 14.7 Å². The van der Waals surface area contributed by atoms with Crippen LogP contribution in [0.2, 0.25) is 0 Å². The molecular weight excluding hydrogens is 507 g/mol. The van der Waals surface area contributed by atoms with Crippen molar-refractivity contribution in [2.24, 2.45) is 0 Å². The van der Waals surface area contributed by atoms with Crippen LogP contribution in [0.15, 0.2) is 118 Å². The number of hydrogen-bond acceptors (Lipinski definition) is 3. The second-order valence-electron chi connectivity index (χ2n) is 6.45. The quantitative estimate of drug-likeness (QED) is 0.144. The highest BCUT2D eigenvalue weighted by Crippen LogP contribution is 2.32. The van der Waals surface area contributed by atoms with Crippen molar-refractivity contribution in [1.82, 2.24) is 0 Å². The zero-order valence-electron chi connectivity index (χ0n) is 15.9. The summed E-state index contributed by atoms with van der Waals surface area (Å²) in [7, 11) is -0.259. The molecule has 5 heteroatoms. The summed E-state index contributed by atoms with van der Waals surface area (Å²) in [6, 6.07) is 33.1.